The van der Waals surface area contributed by atoms with Crippen molar-refractivity contribution in [2.45, 2.75) is 20.3 Å². The average molecular weight is 232 g/mol. The van der Waals surface area contributed by atoms with Crippen LogP contribution < -0.4 is 9.75 Å². The molecular weight excluding hydrogens is 216 g/mol. The van der Waals surface area contributed by atoms with Gasteiger partial charge in [0, 0.05) is 5.71 Å². The highest BCUT2D eigenvalue weighted by molar-refractivity contribution is 6.14. The zero-order valence-corrected chi connectivity index (χ0v) is 10.3. The molecule has 0 saturated heterocycles. The Labute approximate surface area is 101 Å². The van der Waals surface area contributed by atoms with Gasteiger partial charge in [-0.05, 0) is 37.6 Å². The summed E-state index contributed by atoms with van der Waals surface area (Å²) in [6.07, 6.45) is 0.792. The monoisotopic (exact) mass is 232 g/mol. The molecule has 2 rings (SSSR count). The molecule has 4 heteroatoms. The number of hydrazone groups is 1. The minimum atomic E-state index is -0.0721. The first kappa shape index (κ1) is 11.6. The van der Waals surface area contributed by atoms with Crippen LogP contribution in [0.5, 0.6) is 5.75 Å². The molecule has 4 nitrogen and oxygen atoms in total. The summed E-state index contributed by atoms with van der Waals surface area (Å²) in [5.41, 5.74) is 1.67. The molecule has 1 aliphatic rings. The molecule has 17 heavy (non-hydrogen) atoms. The first-order valence-electron chi connectivity index (χ1n) is 5.70. The number of methoxy groups -OCH3 is 1. The molecule has 0 N–H and O–H groups in total. The van der Waals surface area contributed by atoms with E-state index >= 15 is 0 Å². The van der Waals surface area contributed by atoms with E-state index in [2.05, 4.69) is 5.10 Å². The van der Waals surface area contributed by atoms with Crippen LogP contribution in [0, 0.1) is 5.92 Å². The van der Waals surface area contributed by atoms with Crippen LogP contribution >= 0.6 is 0 Å². The van der Waals surface area contributed by atoms with Crippen LogP contribution in [0.2, 0.25) is 0 Å². The zero-order chi connectivity index (χ0) is 12.4. The van der Waals surface area contributed by atoms with Crippen molar-refractivity contribution in [1.29, 1.82) is 0 Å². The number of hydrogen-bond acceptors (Lipinski definition) is 3. The highest BCUT2D eigenvalue weighted by Gasteiger charge is 2.32. The van der Waals surface area contributed by atoms with Crippen LogP contribution in [0.1, 0.15) is 20.3 Å². The maximum absolute atomic E-state index is 12.1. The molecule has 0 bridgehead atoms. The van der Waals surface area contributed by atoms with Crippen LogP contribution in [-0.4, -0.2) is 18.7 Å². The van der Waals surface area contributed by atoms with Gasteiger partial charge in [-0.2, -0.15) is 5.10 Å². The standard InChI is InChI=1S/C13H16N2O2/c1-4-12-9(2)14-15(13(12)16)10-5-7-11(17-3)8-6-10/h5-8,12H,4H2,1-3H3. The molecule has 1 aromatic carbocycles. The van der Waals surface area contributed by atoms with E-state index in [1.807, 2.05) is 38.1 Å². The molecule has 0 spiro atoms. The molecule has 0 aromatic heterocycles. The third kappa shape index (κ3) is 2.02. The molecule has 0 saturated carbocycles. The summed E-state index contributed by atoms with van der Waals surface area (Å²) in [6, 6.07) is 7.33. The zero-order valence-electron chi connectivity index (χ0n) is 10.3. The summed E-state index contributed by atoms with van der Waals surface area (Å²) in [5.74, 6) is 0.750. The predicted octanol–water partition coefficient (Wildman–Crippen LogP) is 2.44. The number of hydrogen-bond donors (Lipinski definition) is 0. The summed E-state index contributed by atoms with van der Waals surface area (Å²) >= 11 is 0. The largest absolute Gasteiger partial charge is 0.497 e. The Bertz CT molecular complexity index is 451. The molecule has 0 aliphatic carbocycles. The smallest absolute Gasteiger partial charge is 0.256 e. The molecule has 1 aromatic rings. The predicted molar refractivity (Wildman–Crippen MR) is 67.4 cm³/mol. The summed E-state index contributed by atoms with van der Waals surface area (Å²) in [5, 5.41) is 5.78. The average Bonchev–Trinajstić information content (AvgIpc) is 2.64. The second kappa shape index (κ2) is 4.57. The number of ether oxygens (including phenoxy) is 1. The van der Waals surface area contributed by atoms with Crippen molar-refractivity contribution in [3.8, 4) is 5.75 Å². The Kier molecular flexibility index (Phi) is 3.13. The lowest BCUT2D eigenvalue weighted by molar-refractivity contribution is -0.119. The van der Waals surface area contributed by atoms with E-state index in [1.165, 1.54) is 5.01 Å². The van der Waals surface area contributed by atoms with E-state index in [1.54, 1.807) is 7.11 Å². The second-order valence-electron chi connectivity index (χ2n) is 4.05. The van der Waals surface area contributed by atoms with E-state index < -0.39 is 0 Å². The van der Waals surface area contributed by atoms with E-state index in [4.69, 9.17) is 4.74 Å². The third-order valence-corrected chi connectivity index (χ3v) is 2.99. The highest BCUT2D eigenvalue weighted by atomic mass is 16.5. The number of benzene rings is 1. The van der Waals surface area contributed by atoms with Gasteiger partial charge in [-0.15, -0.1) is 0 Å². The van der Waals surface area contributed by atoms with E-state index in [9.17, 15) is 4.79 Å². The number of amides is 1. The van der Waals surface area contributed by atoms with Crippen molar-refractivity contribution in [3.05, 3.63) is 24.3 Å². The Balaban J connectivity index is 2.26. The molecular formula is C13H16N2O2. The van der Waals surface area contributed by atoms with Gasteiger partial charge in [0.2, 0.25) is 0 Å². The lowest BCUT2D eigenvalue weighted by Gasteiger charge is -2.13. The van der Waals surface area contributed by atoms with Crippen LogP contribution in [0.15, 0.2) is 29.4 Å². The van der Waals surface area contributed by atoms with Gasteiger partial charge in [-0.3, -0.25) is 4.79 Å². The van der Waals surface area contributed by atoms with Crippen molar-refractivity contribution in [3.63, 3.8) is 0 Å². The summed E-state index contributed by atoms with van der Waals surface area (Å²) in [7, 11) is 1.62. The third-order valence-electron chi connectivity index (χ3n) is 2.99. The number of anilines is 1. The quantitative estimate of drug-likeness (QED) is 0.803. The Hall–Kier alpha value is -1.84. The van der Waals surface area contributed by atoms with Crippen molar-refractivity contribution in [1.82, 2.24) is 0 Å². The molecule has 90 valence electrons. The fraction of sp³-hybridized carbons (Fsp3) is 0.385. The molecule has 0 radical (unpaired) electrons. The van der Waals surface area contributed by atoms with Crippen LogP contribution in [0.25, 0.3) is 0 Å². The minimum Gasteiger partial charge on any atom is -0.497 e. The Morgan fingerprint density at radius 1 is 1.35 bits per heavy atom. The highest BCUT2D eigenvalue weighted by Crippen LogP contribution is 2.26. The molecule has 1 amide bonds. The molecule has 0 fully saturated rings. The number of nitrogens with zero attached hydrogens (tertiary/aromatic N) is 2. The normalized spacial score (nSPS) is 19.5. The number of rotatable bonds is 3. The fourth-order valence-corrected chi connectivity index (χ4v) is 1.98. The fourth-order valence-electron chi connectivity index (χ4n) is 1.98. The van der Waals surface area contributed by atoms with Gasteiger partial charge in [0.1, 0.15) is 5.75 Å². The van der Waals surface area contributed by atoms with Gasteiger partial charge in [0.05, 0.1) is 18.7 Å². The first-order valence-corrected chi connectivity index (χ1v) is 5.70. The van der Waals surface area contributed by atoms with Gasteiger partial charge in [-0.25, -0.2) is 5.01 Å². The van der Waals surface area contributed by atoms with Crippen LogP contribution in [0.3, 0.4) is 0 Å². The van der Waals surface area contributed by atoms with Gasteiger partial charge >= 0.3 is 0 Å². The van der Waals surface area contributed by atoms with Crippen molar-refractivity contribution >= 4 is 17.3 Å². The molecule has 1 heterocycles. The van der Waals surface area contributed by atoms with Crippen molar-refractivity contribution in [2.75, 3.05) is 12.1 Å². The first-order chi connectivity index (χ1) is 8.17. The van der Waals surface area contributed by atoms with Crippen LogP contribution in [0.4, 0.5) is 5.69 Å². The van der Waals surface area contributed by atoms with Crippen molar-refractivity contribution < 1.29 is 9.53 Å². The SMILES string of the molecule is CCC1C(=O)N(c2ccc(OC)cc2)N=C1C. The van der Waals surface area contributed by atoms with E-state index in [0.29, 0.717) is 0 Å². The van der Waals surface area contributed by atoms with Gasteiger partial charge in [0.15, 0.2) is 0 Å². The Morgan fingerprint density at radius 3 is 2.47 bits per heavy atom. The molecule has 1 unspecified atom stereocenters. The lowest BCUT2D eigenvalue weighted by Crippen LogP contribution is -2.26. The molecule has 1 atom stereocenters. The number of carbonyl (C=O) groups excluding carboxylic acids is 1. The summed E-state index contributed by atoms with van der Waals surface area (Å²) in [4.78, 5) is 12.1. The minimum absolute atomic E-state index is 0.0511. The van der Waals surface area contributed by atoms with Crippen LogP contribution in [-0.2, 0) is 4.79 Å². The topological polar surface area (TPSA) is 41.9 Å². The summed E-state index contributed by atoms with van der Waals surface area (Å²) < 4.78 is 5.08. The summed E-state index contributed by atoms with van der Waals surface area (Å²) in [6.45, 7) is 3.90. The van der Waals surface area contributed by atoms with E-state index in [0.717, 1.165) is 23.6 Å². The lowest BCUT2D eigenvalue weighted by atomic mass is 10.0. The Morgan fingerprint density at radius 2 is 2.00 bits per heavy atom. The molecule has 1 aliphatic heterocycles. The van der Waals surface area contributed by atoms with Crippen molar-refractivity contribution in [2.24, 2.45) is 11.0 Å². The van der Waals surface area contributed by atoms with Gasteiger partial charge in [0.25, 0.3) is 5.91 Å². The second-order valence-corrected chi connectivity index (χ2v) is 4.05. The number of carbonyl (C=O) groups is 1. The maximum atomic E-state index is 12.1. The maximum Gasteiger partial charge on any atom is 0.256 e. The van der Waals surface area contributed by atoms with Gasteiger partial charge in [-0.1, -0.05) is 6.92 Å². The van der Waals surface area contributed by atoms with E-state index in [-0.39, 0.29) is 11.8 Å². The van der Waals surface area contributed by atoms with Gasteiger partial charge < -0.3 is 4.74 Å².